The van der Waals surface area contributed by atoms with Gasteiger partial charge in [0.25, 0.3) is 5.91 Å². The van der Waals surface area contributed by atoms with Gasteiger partial charge in [0.05, 0.1) is 6.10 Å². The summed E-state index contributed by atoms with van der Waals surface area (Å²) in [6, 6.07) is 2.98. The number of furan rings is 1. The summed E-state index contributed by atoms with van der Waals surface area (Å²) in [7, 11) is 0. The molecule has 0 radical (unpaired) electrons. The van der Waals surface area contributed by atoms with Crippen molar-refractivity contribution in [2.75, 3.05) is 13.2 Å². The topological polar surface area (TPSA) is 80.0 Å². The third-order valence-electron chi connectivity index (χ3n) is 4.48. The van der Waals surface area contributed by atoms with Crippen LogP contribution in [0.1, 0.15) is 59.6 Å². The first-order chi connectivity index (χ1) is 10.6. The third kappa shape index (κ3) is 3.16. The molecule has 3 rings (SSSR count). The normalized spacial score (nSPS) is 22.1. The van der Waals surface area contributed by atoms with E-state index in [0.29, 0.717) is 6.54 Å². The lowest BCUT2D eigenvalue weighted by atomic mass is 10.1. The lowest BCUT2D eigenvalue weighted by molar-refractivity contribution is 0.0394. The van der Waals surface area contributed by atoms with Crippen molar-refractivity contribution in [1.82, 2.24) is 4.90 Å². The van der Waals surface area contributed by atoms with Crippen LogP contribution < -0.4 is 0 Å². The SMILES string of the molecule is O=C(O)c1ccc(C(=O)N(CC2CCCO2)C2CCCC2)o1. The minimum atomic E-state index is -1.16. The number of hydrogen-bond donors (Lipinski definition) is 1. The maximum Gasteiger partial charge on any atom is 0.371 e. The smallest absolute Gasteiger partial charge is 0.371 e. The number of carboxylic acids is 1. The highest BCUT2D eigenvalue weighted by atomic mass is 16.5. The van der Waals surface area contributed by atoms with E-state index in [2.05, 4.69) is 0 Å². The minimum Gasteiger partial charge on any atom is -0.475 e. The van der Waals surface area contributed by atoms with Crippen LogP contribution in [0.3, 0.4) is 0 Å². The molecular formula is C16H21NO5. The Labute approximate surface area is 129 Å². The molecule has 0 spiro atoms. The number of nitrogens with zero attached hydrogens (tertiary/aromatic N) is 1. The molecule has 0 aromatic carbocycles. The van der Waals surface area contributed by atoms with Crippen molar-refractivity contribution < 1.29 is 23.8 Å². The maximum atomic E-state index is 12.7. The van der Waals surface area contributed by atoms with Crippen molar-refractivity contribution >= 4 is 11.9 Å². The summed E-state index contributed by atoms with van der Waals surface area (Å²) >= 11 is 0. The zero-order valence-electron chi connectivity index (χ0n) is 12.5. The molecule has 2 heterocycles. The number of aromatic carboxylic acids is 1. The Bertz CT molecular complexity index is 540. The third-order valence-corrected chi connectivity index (χ3v) is 4.48. The predicted octanol–water partition coefficient (Wildman–Crippen LogP) is 2.54. The predicted molar refractivity (Wildman–Crippen MR) is 77.9 cm³/mol. The van der Waals surface area contributed by atoms with Crippen molar-refractivity contribution in [2.24, 2.45) is 0 Å². The van der Waals surface area contributed by atoms with Gasteiger partial charge in [0.15, 0.2) is 5.76 Å². The van der Waals surface area contributed by atoms with Crippen molar-refractivity contribution in [2.45, 2.75) is 50.7 Å². The average molecular weight is 307 g/mol. The second kappa shape index (κ2) is 6.52. The Morgan fingerprint density at radius 3 is 2.45 bits per heavy atom. The molecule has 1 saturated carbocycles. The van der Waals surface area contributed by atoms with Crippen LogP contribution >= 0.6 is 0 Å². The van der Waals surface area contributed by atoms with Crippen LogP contribution in [0.4, 0.5) is 0 Å². The van der Waals surface area contributed by atoms with Gasteiger partial charge in [0.2, 0.25) is 5.76 Å². The van der Waals surface area contributed by atoms with Crippen LogP contribution in [0.25, 0.3) is 0 Å². The summed E-state index contributed by atoms with van der Waals surface area (Å²) in [4.78, 5) is 25.5. The summed E-state index contributed by atoms with van der Waals surface area (Å²) in [6.07, 6.45) is 6.31. The van der Waals surface area contributed by atoms with E-state index in [1.807, 2.05) is 4.90 Å². The van der Waals surface area contributed by atoms with E-state index >= 15 is 0 Å². The Balaban J connectivity index is 1.76. The Morgan fingerprint density at radius 1 is 1.14 bits per heavy atom. The van der Waals surface area contributed by atoms with E-state index < -0.39 is 5.97 Å². The van der Waals surface area contributed by atoms with E-state index in [9.17, 15) is 9.59 Å². The Kier molecular flexibility index (Phi) is 4.47. The van der Waals surface area contributed by atoms with Gasteiger partial charge in [-0.05, 0) is 37.8 Å². The van der Waals surface area contributed by atoms with Gasteiger partial charge >= 0.3 is 5.97 Å². The van der Waals surface area contributed by atoms with Crippen LogP contribution in [0.5, 0.6) is 0 Å². The molecule has 0 bridgehead atoms. The second-order valence-electron chi connectivity index (χ2n) is 6.00. The van der Waals surface area contributed by atoms with Crippen LogP contribution in [0, 0.1) is 0 Å². The number of carboxylic acid groups (broad SMARTS) is 1. The fourth-order valence-electron chi connectivity index (χ4n) is 3.33. The molecule has 1 aromatic heterocycles. The number of carbonyl (C=O) groups excluding carboxylic acids is 1. The molecule has 1 unspecified atom stereocenters. The molecule has 22 heavy (non-hydrogen) atoms. The molecule has 1 aromatic rings. The van der Waals surface area contributed by atoms with E-state index in [-0.39, 0.29) is 29.6 Å². The molecule has 2 aliphatic rings. The number of carbonyl (C=O) groups is 2. The van der Waals surface area contributed by atoms with Gasteiger partial charge in [0.1, 0.15) is 0 Å². The highest BCUT2D eigenvalue weighted by Crippen LogP contribution is 2.27. The minimum absolute atomic E-state index is 0.0819. The number of ether oxygens (including phenoxy) is 1. The van der Waals surface area contributed by atoms with E-state index in [1.54, 1.807) is 0 Å². The quantitative estimate of drug-likeness (QED) is 0.904. The summed E-state index contributed by atoms with van der Waals surface area (Å²) in [5.41, 5.74) is 0. The van der Waals surface area contributed by atoms with Crippen LogP contribution in [-0.2, 0) is 4.74 Å². The molecule has 1 amide bonds. The lowest BCUT2D eigenvalue weighted by Crippen LogP contribution is -2.43. The van der Waals surface area contributed by atoms with Crippen molar-refractivity contribution in [3.8, 4) is 0 Å². The summed E-state index contributed by atoms with van der Waals surface area (Å²) in [5.74, 6) is -1.49. The molecule has 1 atom stereocenters. The van der Waals surface area contributed by atoms with Gasteiger partial charge in [-0.25, -0.2) is 4.79 Å². The molecule has 1 saturated heterocycles. The number of rotatable bonds is 5. The largest absolute Gasteiger partial charge is 0.475 e. The zero-order valence-corrected chi connectivity index (χ0v) is 12.5. The van der Waals surface area contributed by atoms with Crippen molar-refractivity contribution in [3.63, 3.8) is 0 Å². The van der Waals surface area contributed by atoms with Crippen molar-refractivity contribution in [3.05, 3.63) is 23.7 Å². The molecule has 2 fully saturated rings. The molecule has 1 N–H and O–H groups in total. The highest BCUT2D eigenvalue weighted by molar-refractivity contribution is 5.93. The van der Waals surface area contributed by atoms with Crippen LogP contribution in [0.2, 0.25) is 0 Å². The molecule has 6 nitrogen and oxygen atoms in total. The molecule has 1 aliphatic carbocycles. The fourth-order valence-corrected chi connectivity index (χ4v) is 3.33. The fraction of sp³-hybridized carbons (Fsp3) is 0.625. The zero-order chi connectivity index (χ0) is 15.5. The summed E-state index contributed by atoms with van der Waals surface area (Å²) in [6.45, 7) is 1.31. The van der Waals surface area contributed by atoms with Crippen molar-refractivity contribution in [1.29, 1.82) is 0 Å². The van der Waals surface area contributed by atoms with E-state index in [0.717, 1.165) is 45.1 Å². The monoisotopic (exact) mass is 307 g/mol. The van der Waals surface area contributed by atoms with E-state index in [4.69, 9.17) is 14.3 Å². The van der Waals surface area contributed by atoms with Gasteiger partial charge in [-0.15, -0.1) is 0 Å². The molecule has 6 heteroatoms. The van der Waals surface area contributed by atoms with E-state index in [1.165, 1.54) is 12.1 Å². The van der Waals surface area contributed by atoms with Gasteiger partial charge in [0, 0.05) is 19.2 Å². The van der Waals surface area contributed by atoms with Gasteiger partial charge in [-0.3, -0.25) is 4.79 Å². The highest BCUT2D eigenvalue weighted by Gasteiger charge is 2.32. The first kappa shape index (κ1) is 15.1. The first-order valence-electron chi connectivity index (χ1n) is 7.91. The van der Waals surface area contributed by atoms with Gasteiger partial charge < -0.3 is 19.2 Å². The Morgan fingerprint density at radius 2 is 1.86 bits per heavy atom. The maximum absolute atomic E-state index is 12.7. The number of hydrogen-bond acceptors (Lipinski definition) is 4. The summed E-state index contributed by atoms with van der Waals surface area (Å²) < 4.78 is 10.8. The number of amides is 1. The van der Waals surface area contributed by atoms with Gasteiger partial charge in [-0.2, -0.15) is 0 Å². The molecule has 1 aliphatic heterocycles. The average Bonchev–Trinajstić information content (AvgIpc) is 3.24. The lowest BCUT2D eigenvalue weighted by Gasteiger charge is -2.30. The molecular weight excluding hydrogens is 286 g/mol. The van der Waals surface area contributed by atoms with Crippen LogP contribution in [-0.4, -0.2) is 47.2 Å². The Hall–Kier alpha value is -1.82. The first-order valence-corrected chi connectivity index (χ1v) is 7.91. The van der Waals surface area contributed by atoms with Crippen LogP contribution in [0.15, 0.2) is 16.5 Å². The summed E-state index contributed by atoms with van der Waals surface area (Å²) in [5, 5.41) is 8.92. The second-order valence-corrected chi connectivity index (χ2v) is 6.00. The molecule has 120 valence electrons. The van der Waals surface area contributed by atoms with Gasteiger partial charge in [-0.1, -0.05) is 12.8 Å². The standard InChI is InChI=1S/C16H21NO5/c18-15(13-7-8-14(22-13)16(19)20)17(11-4-1-2-5-11)10-12-6-3-9-21-12/h7-8,11-12H,1-6,9-10H2,(H,19,20).